The minimum atomic E-state index is -0.822. The highest BCUT2D eigenvalue weighted by Gasteiger charge is 2.29. The number of carbonyl (C=O) groups excluding carboxylic acids is 1. The molecular formula is C16H30N2O3. The van der Waals surface area contributed by atoms with Gasteiger partial charge in [0.2, 0.25) is 5.91 Å². The molecule has 5 nitrogen and oxygen atoms in total. The van der Waals surface area contributed by atoms with Gasteiger partial charge < -0.3 is 10.0 Å². The highest BCUT2D eigenvalue weighted by atomic mass is 16.4. The minimum absolute atomic E-state index is 0.0668. The maximum Gasteiger partial charge on any atom is 0.304 e. The van der Waals surface area contributed by atoms with E-state index < -0.39 is 5.97 Å². The number of likely N-dealkylation sites (tertiary alicyclic amines) is 1. The van der Waals surface area contributed by atoms with Crippen molar-refractivity contribution in [2.75, 3.05) is 26.2 Å². The molecule has 1 N–H and O–H groups in total. The Bertz CT molecular complexity index is 366. The Morgan fingerprint density at radius 2 is 1.71 bits per heavy atom. The lowest BCUT2D eigenvalue weighted by molar-refractivity contribution is -0.140. The van der Waals surface area contributed by atoms with Gasteiger partial charge in [-0.05, 0) is 39.0 Å². The molecule has 1 fully saturated rings. The topological polar surface area (TPSA) is 60.9 Å². The first-order valence-corrected chi connectivity index (χ1v) is 7.84. The monoisotopic (exact) mass is 298 g/mol. The third-order valence-electron chi connectivity index (χ3n) is 4.09. The van der Waals surface area contributed by atoms with Crippen molar-refractivity contribution in [1.29, 1.82) is 0 Å². The first-order chi connectivity index (χ1) is 9.59. The molecule has 1 heterocycles. The Balaban J connectivity index is 2.64. The van der Waals surface area contributed by atoms with E-state index in [4.69, 9.17) is 5.11 Å². The molecule has 0 aromatic carbocycles. The summed E-state index contributed by atoms with van der Waals surface area (Å²) in [6.07, 6.45) is 1.24. The van der Waals surface area contributed by atoms with Crippen molar-refractivity contribution in [2.24, 2.45) is 11.8 Å². The number of carboxylic acid groups (broad SMARTS) is 1. The second-order valence-electron chi connectivity index (χ2n) is 7.48. The van der Waals surface area contributed by atoms with E-state index in [1.807, 2.05) is 30.6 Å². The predicted molar refractivity (Wildman–Crippen MR) is 83.1 cm³/mol. The molecule has 0 bridgehead atoms. The van der Waals surface area contributed by atoms with E-state index in [2.05, 4.69) is 13.8 Å². The van der Waals surface area contributed by atoms with E-state index in [0.717, 1.165) is 13.1 Å². The van der Waals surface area contributed by atoms with Gasteiger partial charge in [-0.2, -0.15) is 0 Å². The number of amides is 1. The van der Waals surface area contributed by atoms with Crippen molar-refractivity contribution in [3.8, 4) is 0 Å². The van der Waals surface area contributed by atoms with Crippen molar-refractivity contribution in [3.63, 3.8) is 0 Å². The van der Waals surface area contributed by atoms with Gasteiger partial charge in [0, 0.05) is 25.2 Å². The second kappa shape index (κ2) is 7.25. The molecule has 0 radical (unpaired) electrons. The predicted octanol–water partition coefficient (Wildman–Crippen LogP) is 2.07. The highest BCUT2D eigenvalue weighted by Crippen LogP contribution is 2.22. The second-order valence-corrected chi connectivity index (χ2v) is 7.48. The minimum Gasteiger partial charge on any atom is -0.481 e. The van der Waals surface area contributed by atoms with Crippen molar-refractivity contribution < 1.29 is 14.7 Å². The zero-order valence-corrected chi connectivity index (χ0v) is 14.1. The number of carboxylic acids is 1. The first-order valence-electron chi connectivity index (χ1n) is 7.84. The molecule has 5 heteroatoms. The van der Waals surface area contributed by atoms with Gasteiger partial charge in [-0.1, -0.05) is 13.8 Å². The zero-order valence-electron chi connectivity index (χ0n) is 14.1. The maximum atomic E-state index is 12.5. The largest absolute Gasteiger partial charge is 0.481 e. The number of hydrogen-bond donors (Lipinski definition) is 1. The van der Waals surface area contributed by atoms with Gasteiger partial charge in [0.25, 0.3) is 0 Å². The highest BCUT2D eigenvalue weighted by molar-refractivity contribution is 5.78. The fourth-order valence-corrected chi connectivity index (χ4v) is 3.01. The van der Waals surface area contributed by atoms with Crippen molar-refractivity contribution in [3.05, 3.63) is 0 Å². The number of hydrogen-bond acceptors (Lipinski definition) is 3. The fraction of sp³-hybridized carbons (Fsp3) is 0.875. The molecule has 2 atom stereocenters. The van der Waals surface area contributed by atoms with Crippen LogP contribution in [0.2, 0.25) is 0 Å². The number of carbonyl (C=O) groups is 2. The van der Waals surface area contributed by atoms with Gasteiger partial charge in [0.15, 0.2) is 0 Å². The Morgan fingerprint density at radius 1 is 1.19 bits per heavy atom. The van der Waals surface area contributed by atoms with Crippen LogP contribution in [0.5, 0.6) is 0 Å². The smallest absolute Gasteiger partial charge is 0.304 e. The van der Waals surface area contributed by atoms with E-state index in [1.165, 1.54) is 6.42 Å². The van der Waals surface area contributed by atoms with E-state index in [1.54, 1.807) is 0 Å². The molecule has 21 heavy (non-hydrogen) atoms. The molecule has 1 aliphatic rings. The number of rotatable bonds is 5. The van der Waals surface area contributed by atoms with E-state index in [-0.39, 0.29) is 17.9 Å². The molecule has 0 aromatic rings. The van der Waals surface area contributed by atoms with Crippen LogP contribution in [0, 0.1) is 11.8 Å². The third kappa shape index (κ3) is 6.04. The number of nitrogens with zero attached hydrogens (tertiary/aromatic N) is 2. The van der Waals surface area contributed by atoms with Crippen LogP contribution in [0.3, 0.4) is 0 Å². The van der Waals surface area contributed by atoms with Crippen LogP contribution in [0.1, 0.15) is 47.5 Å². The Kier molecular flexibility index (Phi) is 6.20. The lowest BCUT2D eigenvalue weighted by Crippen LogP contribution is -2.51. The lowest BCUT2D eigenvalue weighted by atomic mass is 9.92. The van der Waals surface area contributed by atoms with Gasteiger partial charge in [-0.3, -0.25) is 14.5 Å². The number of aliphatic carboxylic acids is 1. The Labute approximate surface area is 128 Å². The standard InChI is InChI=1S/C16H30N2O3/c1-12-8-13(2)10-17(9-12)14(19)11-18(16(3,4)5)7-6-15(20)21/h12-13H,6-11H2,1-5H3,(H,20,21). The molecule has 1 rings (SSSR count). The SMILES string of the molecule is CC1CC(C)CN(C(=O)CN(CCC(=O)O)C(C)(C)C)C1. The van der Waals surface area contributed by atoms with Crippen LogP contribution in [0.4, 0.5) is 0 Å². The first kappa shape index (κ1) is 18.0. The maximum absolute atomic E-state index is 12.5. The van der Waals surface area contributed by atoms with E-state index in [0.29, 0.717) is 24.9 Å². The number of piperidine rings is 1. The summed E-state index contributed by atoms with van der Waals surface area (Å²) in [5.41, 5.74) is -0.210. The zero-order chi connectivity index (χ0) is 16.2. The normalized spacial score (nSPS) is 23.4. The molecule has 122 valence electrons. The van der Waals surface area contributed by atoms with Crippen molar-refractivity contribution in [1.82, 2.24) is 9.80 Å². The molecule has 0 aliphatic carbocycles. The summed E-state index contributed by atoms with van der Waals surface area (Å²) >= 11 is 0. The average molecular weight is 298 g/mol. The molecule has 2 unspecified atom stereocenters. The van der Waals surface area contributed by atoms with Crippen LogP contribution in [-0.4, -0.2) is 58.5 Å². The van der Waals surface area contributed by atoms with E-state index in [9.17, 15) is 9.59 Å². The quantitative estimate of drug-likeness (QED) is 0.844. The summed E-state index contributed by atoms with van der Waals surface area (Å²) in [6.45, 7) is 12.8. The molecule has 1 aliphatic heterocycles. The van der Waals surface area contributed by atoms with Crippen LogP contribution in [-0.2, 0) is 9.59 Å². The van der Waals surface area contributed by atoms with Crippen LogP contribution in [0.15, 0.2) is 0 Å². The lowest BCUT2D eigenvalue weighted by Gasteiger charge is -2.39. The van der Waals surface area contributed by atoms with Gasteiger partial charge in [0.05, 0.1) is 13.0 Å². The van der Waals surface area contributed by atoms with Crippen molar-refractivity contribution in [2.45, 2.75) is 53.0 Å². The third-order valence-corrected chi connectivity index (χ3v) is 4.09. The average Bonchev–Trinajstić information content (AvgIpc) is 2.31. The summed E-state index contributed by atoms with van der Waals surface area (Å²) < 4.78 is 0. The Hall–Kier alpha value is -1.10. The van der Waals surface area contributed by atoms with Gasteiger partial charge >= 0.3 is 5.97 Å². The summed E-state index contributed by atoms with van der Waals surface area (Å²) in [4.78, 5) is 27.2. The van der Waals surface area contributed by atoms with Crippen LogP contribution < -0.4 is 0 Å². The molecule has 0 aromatic heterocycles. The summed E-state index contributed by atoms with van der Waals surface area (Å²) in [5, 5.41) is 8.86. The van der Waals surface area contributed by atoms with Gasteiger partial charge in [-0.15, -0.1) is 0 Å². The molecule has 0 spiro atoms. The van der Waals surface area contributed by atoms with Crippen LogP contribution >= 0.6 is 0 Å². The van der Waals surface area contributed by atoms with Gasteiger partial charge in [-0.25, -0.2) is 0 Å². The fourth-order valence-electron chi connectivity index (χ4n) is 3.01. The molecular weight excluding hydrogens is 268 g/mol. The molecule has 0 saturated carbocycles. The van der Waals surface area contributed by atoms with Crippen molar-refractivity contribution >= 4 is 11.9 Å². The van der Waals surface area contributed by atoms with Crippen LogP contribution in [0.25, 0.3) is 0 Å². The van der Waals surface area contributed by atoms with E-state index >= 15 is 0 Å². The summed E-state index contributed by atoms with van der Waals surface area (Å²) in [5.74, 6) is 0.380. The Morgan fingerprint density at radius 3 is 2.14 bits per heavy atom. The molecule has 1 amide bonds. The molecule has 1 saturated heterocycles. The summed E-state index contributed by atoms with van der Waals surface area (Å²) in [7, 11) is 0. The summed E-state index contributed by atoms with van der Waals surface area (Å²) in [6, 6.07) is 0. The van der Waals surface area contributed by atoms with Gasteiger partial charge in [0.1, 0.15) is 0 Å².